The Hall–Kier alpha value is -4.72. The van der Waals surface area contributed by atoms with Crippen molar-refractivity contribution < 1.29 is 23.9 Å². The molecule has 3 aromatic rings. The van der Waals surface area contributed by atoms with E-state index >= 15 is 0 Å². The summed E-state index contributed by atoms with van der Waals surface area (Å²) in [4.78, 5) is 48.9. The fourth-order valence-corrected chi connectivity index (χ4v) is 3.08. The molecule has 0 atom stereocenters. The fourth-order valence-electron chi connectivity index (χ4n) is 3.08. The first kappa shape index (κ1) is 24.9. The average molecular weight is 472 g/mol. The van der Waals surface area contributed by atoms with E-state index in [1.54, 1.807) is 73.7 Å². The van der Waals surface area contributed by atoms with Crippen LogP contribution in [0.15, 0.2) is 84.6 Å². The van der Waals surface area contributed by atoms with Crippen LogP contribution < -0.4 is 16.0 Å². The van der Waals surface area contributed by atoms with E-state index in [0.717, 1.165) is 5.56 Å². The lowest BCUT2D eigenvalue weighted by Crippen LogP contribution is -2.30. The van der Waals surface area contributed by atoms with Crippen molar-refractivity contribution in [2.24, 2.45) is 0 Å². The zero-order chi connectivity index (χ0) is 25.2. The molecule has 8 heteroatoms. The van der Waals surface area contributed by atoms with Crippen LogP contribution in [0, 0.1) is 0 Å². The largest absolute Gasteiger partial charge is 0.462 e. The van der Waals surface area contributed by atoms with Gasteiger partial charge in [0.15, 0.2) is 0 Å². The van der Waals surface area contributed by atoms with Crippen molar-refractivity contribution in [3.63, 3.8) is 0 Å². The van der Waals surface area contributed by atoms with Crippen LogP contribution in [0.1, 0.15) is 40.1 Å². The maximum atomic E-state index is 13.0. The Labute approximate surface area is 203 Å². The number of nitrogens with one attached hydrogen (secondary N) is 3. The molecule has 0 saturated carbocycles. The summed E-state index contributed by atoms with van der Waals surface area (Å²) < 4.78 is 4.96. The van der Waals surface area contributed by atoms with Gasteiger partial charge in [-0.1, -0.05) is 30.3 Å². The van der Waals surface area contributed by atoms with Crippen LogP contribution in [0.3, 0.4) is 0 Å². The zero-order valence-electron chi connectivity index (χ0n) is 19.3. The second kappa shape index (κ2) is 11.9. The summed E-state index contributed by atoms with van der Waals surface area (Å²) in [5, 5.41) is 8.02. The highest BCUT2D eigenvalue weighted by Crippen LogP contribution is 2.14. The van der Waals surface area contributed by atoms with E-state index in [9.17, 15) is 19.2 Å². The van der Waals surface area contributed by atoms with Gasteiger partial charge >= 0.3 is 5.97 Å². The molecule has 3 N–H and O–H groups in total. The highest BCUT2D eigenvalue weighted by Gasteiger charge is 2.16. The van der Waals surface area contributed by atoms with Gasteiger partial charge in [-0.2, -0.15) is 0 Å². The Morgan fingerprint density at radius 1 is 0.771 bits per heavy atom. The van der Waals surface area contributed by atoms with Gasteiger partial charge in [-0.05, 0) is 67.1 Å². The Balaban J connectivity index is 1.79. The second-order valence-corrected chi connectivity index (χ2v) is 7.43. The van der Waals surface area contributed by atoms with Gasteiger partial charge in [0.25, 0.3) is 11.8 Å². The number of amides is 3. The Kier molecular flexibility index (Phi) is 8.50. The van der Waals surface area contributed by atoms with Gasteiger partial charge in [0.05, 0.1) is 12.2 Å². The van der Waals surface area contributed by atoms with Gasteiger partial charge in [0.1, 0.15) is 5.70 Å². The Morgan fingerprint density at radius 3 is 1.91 bits per heavy atom. The summed E-state index contributed by atoms with van der Waals surface area (Å²) in [6, 6.07) is 21.6. The number of benzene rings is 3. The number of hydrogen-bond donors (Lipinski definition) is 3. The molecule has 0 spiro atoms. The molecule has 0 fully saturated rings. The van der Waals surface area contributed by atoms with E-state index in [0.29, 0.717) is 22.5 Å². The number of esters is 1. The predicted molar refractivity (Wildman–Crippen MR) is 134 cm³/mol. The maximum absolute atomic E-state index is 13.0. The lowest BCUT2D eigenvalue weighted by molar-refractivity contribution is -0.114. The maximum Gasteiger partial charge on any atom is 0.338 e. The lowest BCUT2D eigenvalue weighted by atomic mass is 10.1. The molecule has 3 amide bonds. The number of carbonyl (C=O) groups excluding carboxylic acids is 4. The smallest absolute Gasteiger partial charge is 0.338 e. The van der Waals surface area contributed by atoms with Gasteiger partial charge < -0.3 is 20.7 Å². The molecule has 0 saturated heterocycles. The molecule has 3 rings (SSSR count). The topological polar surface area (TPSA) is 114 Å². The van der Waals surface area contributed by atoms with Crippen LogP contribution in [-0.4, -0.2) is 30.3 Å². The normalized spacial score (nSPS) is 10.7. The molecule has 0 aliphatic heterocycles. The number of carbonyl (C=O) groups is 4. The molecule has 0 aliphatic carbocycles. The molecule has 3 aromatic carbocycles. The van der Waals surface area contributed by atoms with Gasteiger partial charge in [-0.25, -0.2) is 4.79 Å². The van der Waals surface area contributed by atoms with Gasteiger partial charge in [0, 0.05) is 23.9 Å². The standard InChI is InChI=1S/C27H25N3O5/c1-3-35-27(34)21-11-15-23(16-12-21)29-26(33)24(17-19-7-5-4-6-8-19)30-25(32)20-9-13-22(14-10-20)28-18(2)31/h4-17H,3H2,1-2H3,(H,28,31)(H,29,33)(H,30,32)/b24-17+. The van der Waals surface area contributed by atoms with E-state index in [1.165, 1.54) is 6.92 Å². The Morgan fingerprint density at radius 2 is 1.34 bits per heavy atom. The molecule has 35 heavy (non-hydrogen) atoms. The van der Waals surface area contributed by atoms with E-state index in [4.69, 9.17) is 4.74 Å². The van der Waals surface area contributed by atoms with Crippen LogP contribution in [0.2, 0.25) is 0 Å². The van der Waals surface area contributed by atoms with Gasteiger partial charge in [-0.15, -0.1) is 0 Å². The summed E-state index contributed by atoms with van der Waals surface area (Å²) in [5.74, 6) is -1.70. The van der Waals surface area contributed by atoms with Crippen molar-refractivity contribution in [2.75, 3.05) is 17.2 Å². The van der Waals surface area contributed by atoms with E-state index in [2.05, 4.69) is 16.0 Å². The van der Waals surface area contributed by atoms with Crippen molar-refractivity contribution >= 4 is 41.1 Å². The van der Waals surface area contributed by atoms with Crippen molar-refractivity contribution in [1.29, 1.82) is 0 Å². The number of ether oxygens (including phenoxy) is 1. The predicted octanol–water partition coefficient (Wildman–Crippen LogP) is 4.23. The SMILES string of the molecule is CCOC(=O)c1ccc(NC(=O)/C(=C\c2ccccc2)NC(=O)c2ccc(NC(C)=O)cc2)cc1. The fraction of sp³-hybridized carbons (Fsp3) is 0.111. The monoisotopic (exact) mass is 471 g/mol. The first-order valence-electron chi connectivity index (χ1n) is 10.9. The molecule has 0 bridgehead atoms. The Bertz CT molecular complexity index is 1230. The molecule has 0 aromatic heterocycles. The van der Waals surface area contributed by atoms with Crippen molar-refractivity contribution in [1.82, 2.24) is 5.32 Å². The second-order valence-electron chi connectivity index (χ2n) is 7.43. The van der Waals surface area contributed by atoms with E-state index in [-0.39, 0.29) is 18.2 Å². The molecule has 178 valence electrons. The van der Waals surface area contributed by atoms with E-state index < -0.39 is 17.8 Å². The summed E-state index contributed by atoms with van der Waals surface area (Å²) in [7, 11) is 0. The zero-order valence-corrected chi connectivity index (χ0v) is 19.3. The molecule has 0 heterocycles. The van der Waals surface area contributed by atoms with E-state index in [1.807, 2.05) is 18.2 Å². The van der Waals surface area contributed by atoms with Crippen molar-refractivity contribution in [3.05, 3.63) is 101 Å². The third kappa shape index (κ3) is 7.40. The van der Waals surface area contributed by atoms with Crippen LogP contribution in [-0.2, 0) is 14.3 Å². The molecular formula is C27H25N3O5. The highest BCUT2D eigenvalue weighted by atomic mass is 16.5. The highest BCUT2D eigenvalue weighted by molar-refractivity contribution is 6.10. The minimum absolute atomic E-state index is 0.0293. The van der Waals surface area contributed by atoms with Crippen LogP contribution >= 0.6 is 0 Å². The average Bonchev–Trinajstić information content (AvgIpc) is 2.85. The first-order valence-corrected chi connectivity index (χ1v) is 10.9. The van der Waals surface area contributed by atoms with Crippen molar-refractivity contribution in [3.8, 4) is 0 Å². The first-order chi connectivity index (χ1) is 16.9. The minimum atomic E-state index is -0.541. The summed E-state index contributed by atoms with van der Waals surface area (Å²) in [6.07, 6.45) is 1.56. The molecular weight excluding hydrogens is 446 g/mol. The van der Waals surface area contributed by atoms with Gasteiger partial charge in [-0.3, -0.25) is 14.4 Å². The summed E-state index contributed by atoms with van der Waals surface area (Å²) >= 11 is 0. The van der Waals surface area contributed by atoms with Crippen LogP contribution in [0.4, 0.5) is 11.4 Å². The summed E-state index contributed by atoms with van der Waals surface area (Å²) in [6.45, 7) is 3.38. The molecule has 0 radical (unpaired) electrons. The molecule has 0 aliphatic rings. The lowest BCUT2D eigenvalue weighted by Gasteiger charge is -2.12. The quantitative estimate of drug-likeness (QED) is 0.336. The molecule has 8 nitrogen and oxygen atoms in total. The van der Waals surface area contributed by atoms with Crippen LogP contribution in [0.5, 0.6) is 0 Å². The summed E-state index contributed by atoms with van der Waals surface area (Å²) in [5.41, 5.74) is 2.41. The molecule has 0 unspecified atom stereocenters. The third-order valence-electron chi connectivity index (χ3n) is 4.72. The number of anilines is 2. The third-order valence-corrected chi connectivity index (χ3v) is 4.72. The van der Waals surface area contributed by atoms with Crippen molar-refractivity contribution in [2.45, 2.75) is 13.8 Å². The number of rotatable bonds is 8. The number of hydrogen-bond acceptors (Lipinski definition) is 5. The minimum Gasteiger partial charge on any atom is -0.462 e. The van der Waals surface area contributed by atoms with Crippen LogP contribution in [0.25, 0.3) is 6.08 Å². The van der Waals surface area contributed by atoms with Gasteiger partial charge in [0.2, 0.25) is 5.91 Å².